The van der Waals surface area contributed by atoms with E-state index in [4.69, 9.17) is 23.2 Å². The van der Waals surface area contributed by atoms with E-state index in [1.807, 2.05) is 0 Å². The van der Waals surface area contributed by atoms with Crippen molar-refractivity contribution < 1.29 is 4.92 Å². The molecule has 0 radical (unpaired) electrons. The van der Waals surface area contributed by atoms with Gasteiger partial charge in [-0.15, -0.1) is 0 Å². The number of aromatic nitrogens is 2. The second-order valence-electron chi connectivity index (χ2n) is 3.83. The number of nitro groups is 1. The highest BCUT2D eigenvalue weighted by Crippen LogP contribution is 2.27. The summed E-state index contributed by atoms with van der Waals surface area (Å²) >= 11 is 11.6. The molecule has 0 unspecified atom stereocenters. The number of imidazole rings is 1. The zero-order valence-electron chi connectivity index (χ0n) is 9.93. The molecule has 100 valence electrons. The molecule has 2 aromatic rings. The Labute approximate surface area is 119 Å². The summed E-state index contributed by atoms with van der Waals surface area (Å²) in [4.78, 5) is 14.4. The lowest BCUT2D eigenvalue weighted by Crippen LogP contribution is -2.06. The highest BCUT2D eigenvalue weighted by molar-refractivity contribution is 6.32. The number of rotatable bonds is 4. The van der Waals surface area contributed by atoms with Crippen LogP contribution in [0.25, 0.3) is 0 Å². The average molecular weight is 301 g/mol. The maximum absolute atomic E-state index is 10.8. The van der Waals surface area contributed by atoms with Gasteiger partial charge in [0.2, 0.25) is 0 Å². The minimum atomic E-state index is -0.523. The van der Waals surface area contributed by atoms with Crippen molar-refractivity contribution in [1.82, 2.24) is 9.55 Å². The topological polar surface area (TPSA) is 73.0 Å². The molecule has 8 heteroatoms. The van der Waals surface area contributed by atoms with Gasteiger partial charge in [-0.1, -0.05) is 23.2 Å². The lowest BCUT2D eigenvalue weighted by Gasteiger charge is -2.07. The highest BCUT2D eigenvalue weighted by atomic mass is 35.5. The van der Waals surface area contributed by atoms with E-state index in [-0.39, 0.29) is 10.7 Å². The Hall–Kier alpha value is -1.79. The first-order valence-electron chi connectivity index (χ1n) is 5.33. The molecule has 0 bridgehead atoms. The molecule has 0 saturated heterocycles. The molecule has 1 N–H and O–H groups in total. The van der Waals surface area contributed by atoms with Crippen LogP contribution < -0.4 is 5.32 Å². The number of nitrogens with one attached hydrogen (secondary N) is 1. The average Bonchev–Trinajstić information content (AvgIpc) is 2.69. The molecule has 0 aliphatic rings. The number of nitrogens with zero attached hydrogens (tertiary/aromatic N) is 3. The zero-order chi connectivity index (χ0) is 14.0. The molecule has 19 heavy (non-hydrogen) atoms. The second kappa shape index (κ2) is 5.46. The first-order chi connectivity index (χ1) is 8.99. The molecule has 0 saturated carbocycles. The third-order valence-electron chi connectivity index (χ3n) is 2.62. The number of halogens is 2. The second-order valence-corrected chi connectivity index (χ2v) is 4.63. The van der Waals surface area contributed by atoms with Gasteiger partial charge in [-0.05, 0) is 12.1 Å². The minimum absolute atomic E-state index is 0.107. The fraction of sp³-hybridized carbons (Fsp3) is 0.182. The highest BCUT2D eigenvalue weighted by Gasteiger charge is 2.13. The molecule has 1 aromatic carbocycles. The Morgan fingerprint density at radius 3 is 2.79 bits per heavy atom. The van der Waals surface area contributed by atoms with E-state index in [9.17, 15) is 10.1 Å². The third-order valence-corrected chi connectivity index (χ3v) is 3.29. The molecule has 0 aliphatic heterocycles. The van der Waals surface area contributed by atoms with Crippen LogP contribution in [0, 0.1) is 10.1 Å². The van der Waals surface area contributed by atoms with Crippen molar-refractivity contribution in [3.63, 3.8) is 0 Å². The summed E-state index contributed by atoms with van der Waals surface area (Å²) in [5.74, 6) is 0.725. The number of hydrogen-bond acceptors (Lipinski definition) is 4. The zero-order valence-corrected chi connectivity index (χ0v) is 11.4. The van der Waals surface area contributed by atoms with Gasteiger partial charge in [0, 0.05) is 18.8 Å². The molecule has 6 nitrogen and oxygen atoms in total. The molecule has 0 aliphatic carbocycles. The summed E-state index contributed by atoms with van der Waals surface area (Å²) in [6, 6.07) is 4.53. The van der Waals surface area contributed by atoms with E-state index in [1.165, 1.54) is 12.1 Å². The van der Waals surface area contributed by atoms with Crippen LogP contribution in [-0.4, -0.2) is 14.5 Å². The quantitative estimate of drug-likeness (QED) is 0.695. The summed E-state index contributed by atoms with van der Waals surface area (Å²) in [5, 5.41) is 14.4. The lowest BCUT2D eigenvalue weighted by atomic mass is 10.3. The van der Waals surface area contributed by atoms with Crippen LogP contribution in [0.1, 0.15) is 5.82 Å². The monoisotopic (exact) mass is 300 g/mol. The molecular weight excluding hydrogens is 291 g/mol. The lowest BCUT2D eigenvalue weighted by molar-refractivity contribution is -0.384. The van der Waals surface area contributed by atoms with Gasteiger partial charge < -0.3 is 9.88 Å². The maximum atomic E-state index is 10.8. The van der Waals surface area contributed by atoms with Gasteiger partial charge >= 0.3 is 0 Å². The predicted octanol–water partition coefficient (Wildman–Crippen LogP) is 3.25. The third kappa shape index (κ3) is 2.97. The fourth-order valence-electron chi connectivity index (χ4n) is 1.53. The molecule has 0 spiro atoms. The smallest absolute Gasteiger partial charge is 0.289 e. The first-order valence-corrected chi connectivity index (χ1v) is 6.08. The summed E-state index contributed by atoms with van der Waals surface area (Å²) < 4.78 is 1.72. The summed E-state index contributed by atoms with van der Waals surface area (Å²) in [5.41, 5.74) is 0.458. The number of nitro benzene ring substituents is 1. The van der Waals surface area contributed by atoms with Crippen LogP contribution in [0.2, 0.25) is 10.2 Å². The summed E-state index contributed by atoms with van der Waals surface area (Å²) in [6.07, 6.45) is 1.54. The van der Waals surface area contributed by atoms with E-state index in [1.54, 1.807) is 23.9 Å². The predicted molar refractivity (Wildman–Crippen MR) is 73.7 cm³/mol. The Bertz CT molecular complexity index is 627. The van der Waals surface area contributed by atoms with Gasteiger partial charge in [-0.25, -0.2) is 4.98 Å². The van der Waals surface area contributed by atoms with Crippen molar-refractivity contribution in [1.29, 1.82) is 0 Å². The standard InChI is InChI=1S/C11H10Cl2N4O2/c1-16-10(13)5-15-11(16)6-14-7-2-3-8(12)9(4-7)17(18)19/h2-5,14H,6H2,1H3. The van der Waals surface area contributed by atoms with Crippen LogP contribution in [0.4, 0.5) is 11.4 Å². The van der Waals surface area contributed by atoms with Crippen molar-refractivity contribution in [3.05, 3.63) is 50.5 Å². The minimum Gasteiger partial charge on any atom is -0.378 e. The SMILES string of the molecule is Cn1c(Cl)cnc1CNc1ccc(Cl)c([N+](=O)[O-])c1. The molecule has 0 fully saturated rings. The molecular formula is C11H10Cl2N4O2. The van der Waals surface area contributed by atoms with Crippen LogP contribution in [0.5, 0.6) is 0 Å². The van der Waals surface area contributed by atoms with E-state index in [0.29, 0.717) is 17.4 Å². The van der Waals surface area contributed by atoms with Gasteiger partial charge in [0.1, 0.15) is 16.0 Å². The van der Waals surface area contributed by atoms with Gasteiger partial charge in [0.25, 0.3) is 5.69 Å². The molecule has 1 heterocycles. The van der Waals surface area contributed by atoms with E-state index >= 15 is 0 Å². The van der Waals surface area contributed by atoms with Gasteiger partial charge in [-0.2, -0.15) is 0 Å². The van der Waals surface area contributed by atoms with Gasteiger partial charge in [0.15, 0.2) is 0 Å². The van der Waals surface area contributed by atoms with E-state index < -0.39 is 4.92 Å². The normalized spacial score (nSPS) is 10.5. The Morgan fingerprint density at radius 1 is 1.47 bits per heavy atom. The van der Waals surface area contributed by atoms with Crippen LogP contribution >= 0.6 is 23.2 Å². The first kappa shape index (κ1) is 13.6. The van der Waals surface area contributed by atoms with Gasteiger partial charge in [0.05, 0.1) is 17.7 Å². The molecule has 0 amide bonds. The van der Waals surface area contributed by atoms with Crippen molar-refractivity contribution in [2.24, 2.45) is 7.05 Å². The van der Waals surface area contributed by atoms with Crippen molar-refractivity contribution in [2.45, 2.75) is 6.54 Å². The molecule has 0 atom stereocenters. The Kier molecular flexibility index (Phi) is 3.92. The molecule has 1 aromatic heterocycles. The van der Waals surface area contributed by atoms with E-state index in [0.717, 1.165) is 5.82 Å². The fourth-order valence-corrected chi connectivity index (χ4v) is 1.87. The van der Waals surface area contributed by atoms with Gasteiger partial charge in [-0.3, -0.25) is 10.1 Å². The largest absolute Gasteiger partial charge is 0.378 e. The van der Waals surface area contributed by atoms with E-state index in [2.05, 4.69) is 10.3 Å². The number of hydrogen-bond donors (Lipinski definition) is 1. The van der Waals surface area contributed by atoms with Crippen molar-refractivity contribution >= 4 is 34.6 Å². The summed E-state index contributed by atoms with van der Waals surface area (Å²) in [6.45, 7) is 0.405. The Morgan fingerprint density at radius 2 is 2.21 bits per heavy atom. The number of benzene rings is 1. The molecule has 2 rings (SSSR count). The van der Waals surface area contributed by atoms with Crippen molar-refractivity contribution in [2.75, 3.05) is 5.32 Å². The van der Waals surface area contributed by atoms with Crippen LogP contribution in [0.15, 0.2) is 24.4 Å². The number of anilines is 1. The summed E-state index contributed by atoms with van der Waals surface area (Å²) in [7, 11) is 1.79. The van der Waals surface area contributed by atoms with Crippen LogP contribution in [0.3, 0.4) is 0 Å². The Balaban J connectivity index is 2.14. The van der Waals surface area contributed by atoms with Crippen molar-refractivity contribution in [3.8, 4) is 0 Å². The van der Waals surface area contributed by atoms with Crippen LogP contribution in [-0.2, 0) is 13.6 Å². The maximum Gasteiger partial charge on any atom is 0.289 e.